The number of imide groups is 1. The fourth-order valence-corrected chi connectivity index (χ4v) is 4.39. The lowest BCUT2D eigenvalue weighted by Gasteiger charge is -2.38. The number of piperazine rings is 1. The molecule has 0 spiro atoms. The number of anilines is 1. The van der Waals surface area contributed by atoms with Gasteiger partial charge in [-0.05, 0) is 36.2 Å². The van der Waals surface area contributed by atoms with Crippen LogP contribution < -0.4 is 14.4 Å². The van der Waals surface area contributed by atoms with Crippen molar-refractivity contribution >= 4 is 17.5 Å². The molecule has 7 heteroatoms. The summed E-state index contributed by atoms with van der Waals surface area (Å²) >= 11 is 0. The molecule has 0 aromatic heterocycles. The number of hydrogen-bond donors (Lipinski definition) is 0. The summed E-state index contributed by atoms with van der Waals surface area (Å²) in [6.45, 7) is 3.65. The summed E-state index contributed by atoms with van der Waals surface area (Å²) in [5, 5.41) is 0. The summed E-state index contributed by atoms with van der Waals surface area (Å²) in [6.07, 6.45) is 0.864. The highest BCUT2D eigenvalue weighted by atomic mass is 16.5. The largest absolute Gasteiger partial charge is 0.493 e. The van der Waals surface area contributed by atoms with Crippen LogP contribution in [0, 0.1) is 0 Å². The van der Waals surface area contributed by atoms with Crippen LogP contribution in [0.3, 0.4) is 0 Å². The van der Waals surface area contributed by atoms with E-state index >= 15 is 0 Å². The van der Waals surface area contributed by atoms with Crippen molar-refractivity contribution in [3.05, 3.63) is 54.1 Å². The van der Waals surface area contributed by atoms with Crippen molar-refractivity contribution in [3.8, 4) is 11.5 Å². The van der Waals surface area contributed by atoms with Crippen molar-refractivity contribution in [1.29, 1.82) is 0 Å². The molecule has 2 heterocycles. The van der Waals surface area contributed by atoms with Gasteiger partial charge < -0.3 is 14.4 Å². The Hall–Kier alpha value is -3.06. The molecule has 0 bridgehead atoms. The second-order valence-corrected chi connectivity index (χ2v) is 7.90. The maximum absolute atomic E-state index is 13.0. The van der Waals surface area contributed by atoms with Gasteiger partial charge in [0.25, 0.3) is 0 Å². The van der Waals surface area contributed by atoms with Gasteiger partial charge in [0.15, 0.2) is 11.5 Å². The van der Waals surface area contributed by atoms with Crippen molar-refractivity contribution in [3.63, 3.8) is 0 Å². The highest BCUT2D eigenvalue weighted by Crippen LogP contribution is 2.28. The minimum absolute atomic E-state index is 0.0707. The quantitative estimate of drug-likeness (QED) is 0.637. The number of rotatable bonds is 7. The van der Waals surface area contributed by atoms with Crippen LogP contribution in [-0.2, 0) is 16.0 Å². The molecule has 2 aliphatic heterocycles. The van der Waals surface area contributed by atoms with E-state index in [-0.39, 0.29) is 24.3 Å². The normalized spacial score (nSPS) is 19.7. The Kier molecular flexibility index (Phi) is 6.42. The lowest BCUT2D eigenvalue weighted by atomic mass is 10.1. The van der Waals surface area contributed by atoms with E-state index in [1.165, 1.54) is 10.6 Å². The van der Waals surface area contributed by atoms with E-state index in [1.54, 1.807) is 14.2 Å². The molecule has 0 aliphatic carbocycles. The van der Waals surface area contributed by atoms with Gasteiger partial charge in [0.1, 0.15) is 0 Å². The van der Waals surface area contributed by atoms with E-state index in [4.69, 9.17) is 9.47 Å². The summed E-state index contributed by atoms with van der Waals surface area (Å²) in [5.41, 5.74) is 2.20. The summed E-state index contributed by atoms with van der Waals surface area (Å²) in [6, 6.07) is 15.6. The van der Waals surface area contributed by atoms with Gasteiger partial charge in [-0.15, -0.1) is 0 Å². The number of amides is 2. The fraction of sp³-hybridized carbons (Fsp3) is 0.417. The van der Waals surface area contributed by atoms with Crippen LogP contribution in [-0.4, -0.2) is 74.6 Å². The molecule has 4 rings (SSSR count). The Balaban J connectivity index is 1.34. The molecule has 164 valence electrons. The van der Waals surface area contributed by atoms with Gasteiger partial charge in [-0.3, -0.25) is 19.4 Å². The first kappa shape index (κ1) is 21.2. The van der Waals surface area contributed by atoms with Crippen LogP contribution >= 0.6 is 0 Å². The third-order valence-electron chi connectivity index (χ3n) is 6.17. The monoisotopic (exact) mass is 423 g/mol. The summed E-state index contributed by atoms with van der Waals surface area (Å²) < 4.78 is 10.6. The summed E-state index contributed by atoms with van der Waals surface area (Å²) in [7, 11) is 3.19. The number of methoxy groups -OCH3 is 2. The molecule has 7 nitrogen and oxygen atoms in total. The third-order valence-corrected chi connectivity index (χ3v) is 6.17. The minimum Gasteiger partial charge on any atom is -0.493 e. The van der Waals surface area contributed by atoms with Crippen LogP contribution in [0.15, 0.2) is 48.5 Å². The number of para-hydroxylation sites is 1. The topological polar surface area (TPSA) is 62.3 Å². The number of carbonyl (C=O) groups excluding carboxylic acids is 2. The molecule has 31 heavy (non-hydrogen) atoms. The molecule has 0 saturated carbocycles. The number of carbonyl (C=O) groups is 2. The zero-order chi connectivity index (χ0) is 21.8. The highest BCUT2D eigenvalue weighted by molar-refractivity contribution is 6.05. The standard InChI is InChI=1S/C24H29N3O4/c1-30-21-9-8-18(16-22(21)31-2)10-11-27-23(28)17-20(24(27)29)26-14-12-25(13-15-26)19-6-4-3-5-7-19/h3-9,16,20H,10-15,17H2,1-2H3/t20-/m0/s1. The van der Waals surface area contributed by atoms with Gasteiger partial charge >= 0.3 is 0 Å². The van der Waals surface area contributed by atoms with Gasteiger partial charge in [-0.25, -0.2) is 0 Å². The molecule has 0 N–H and O–H groups in total. The molecule has 2 fully saturated rings. The molecular weight excluding hydrogens is 394 g/mol. The highest BCUT2D eigenvalue weighted by Gasteiger charge is 2.42. The fourth-order valence-electron chi connectivity index (χ4n) is 4.39. The Morgan fingerprint density at radius 3 is 2.29 bits per heavy atom. The molecule has 0 radical (unpaired) electrons. The number of hydrogen-bond acceptors (Lipinski definition) is 6. The molecule has 0 unspecified atom stereocenters. The van der Waals surface area contributed by atoms with E-state index in [0.29, 0.717) is 24.5 Å². The molecule has 1 atom stereocenters. The second kappa shape index (κ2) is 9.39. The average molecular weight is 424 g/mol. The van der Waals surface area contributed by atoms with E-state index in [2.05, 4.69) is 21.9 Å². The van der Waals surface area contributed by atoms with Crippen LogP contribution in [0.4, 0.5) is 5.69 Å². The number of likely N-dealkylation sites (tertiary alicyclic amines) is 1. The zero-order valence-corrected chi connectivity index (χ0v) is 18.1. The van der Waals surface area contributed by atoms with Gasteiger partial charge in [0.2, 0.25) is 11.8 Å². The van der Waals surface area contributed by atoms with E-state index in [1.807, 2.05) is 36.4 Å². The van der Waals surface area contributed by atoms with Crippen LogP contribution in [0.1, 0.15) is 12.0 Å². The molecule has 2 aromatic carbocycles. The summed E-state index contributed by atoms with van der Waals surface area (Å²) in [5.74, 6) is 1.15. The number of ether oxygens (including phenoxy) is 2. The first-order valence-corrected chi connectivity index (χ1v) is 10.7. The van der Waals surface area contributed by atoms with Gasteiger partial charge in [0, 0.05) is 38.4 Å². The van der Waals surface area contributed by atoms with Crippen molar-refractivity contribution in [2.45, 2.75) is 18.9 Å². The second-order valence-electron chi connectivity index (χ2n) is 7.90. The Labute approximate surface area is 183 Å². The van der Waals surface area contributed by atoms with E-state index in [9.17, 15) is 9.59 Å². The lowest BCUT2D eigenvalue weighted by molar-refractivity contribution is -0.139. The molecule has 2 aromatic rings. The molecule has 2 aliphatic rings. The number of nitrogens with zero attached hydrogens (tertiary/aromatic N) is 3. The van der Waals surface area contributed by atoms with Crippen LogP contribution in [0.5, 0.6) is 11.5 Å². The predicted octanol–water partition coefficient (Wildman–Crippen LogP) is 2.20. The van der Waals surface area contributed by atoms with Gasteiger partial charge in [0.05, 0.1) is 26.7 Å². The first-order chi connectivity index (χ1) is 15.1. The van der Waals surface area contributed by atoms with Crippen LogP contribution in [0.25, 0.3) is 0 Å². The lowest BCUT2D eigenvalue weighted by Crippen LogP contribution is -2.52. The number of benzene rings is 2. The molecule has 2 amide bonds. The minimum atomic E-state index is -0.337. The average Bonchev–Trinajstić information content (AvgIpc) is 3.11. The smallest absolute Gasteiger partial charge is 0.247 e. The third kappa shape index (κ3) is 4.51. The first-order valence-electron chi connectivity index (χ1n) is 10.7. The Bertz CT molecular complexity index is 926. The maximum Gasteiger partial charge on any atom is 0.247 e. The van der Waals surface area contributed by atoms with Crippen molar-refractivity contribution in [1.82, 2.24) is 9.80 Å². The summed E-state index contributed by atoms with van der Waals surface area (Å²) in [4.78, 5) is 31.5. The Morgan fingerprint density at radius 1 is 0.903 bits per heavy atom. The zero-order valence-electron chi connectivity index (χ0n) is 18.1. The van der Waals surface area contributed by atoms with E-state index in [0.717, 1.165) is 31.7 Å². The molecular formula is C24H29N3O4. The maximum atomic E-state index is 13.0. The van der Waals surface area contributed by atoms with E-state index < -0.39 is 0 Å². The SMILES string of the molecule is COc1ccc(CCN2C(=O)C[C@H](N3CCN(c4ccccc4)CC3)C2=O)cc1OC. The predicted molar refractivity (Wildman–Crippen MR) is 119 cm³/mol. The van der Waals surface area contributed by atoms with Crippen molar-refractivity contribution in [2.75, 3.05) is 51.8 Å². The van der Waals surface area contributed by atoms with Gasteiger partial charge in [-0.2, -0.15) is 0 Å². The van der Waals surface area contributed by atoms with Crippen LogP contribution in [0.2, 0.25) is 0 Å². The van der Waals surface area contributed by atoms with Crippen molar-refractivity contribution in [2.24, 2.45) is 0 Å². The van der Waals surface area contributed by atoms with Gasteiger partial charge in [-0.1, -0.05) is 24.3 Å². The Morgan fingerprint density at radius 2 is 1.61 bits per heavy atom. The molecule has 2 saturated heterocycles. The van der Waals surface area contributed by atoms with Crippen molar-refractivity contribution < 1.29 is 19.1 Å².